The van der Waals surface area contributed by atoms with Crippen LogP contribution in [-0.4, -0.2) is 21.9 Å². The van der Waals surface area contributed by atoms with E-state index in [-0.39, 0.29) is 0 Å². The Labute approximate surface area is 139 Å². The number of rotatable bonds is 4. The predicted molar refractivity (Wildman–Crippen MR) is 96.0 cm³/mol. The number of methoxy groups -OCH3 is 1. The first-order valence-electron chi connectivity index (χ1n) is 7.76. The van der Waals surface area contributed by atoms with E-state index < -0.39 is 0 Å². The van der Waals surface area contributed by atoms with E-state index >= 15 is 0 Å². The molecular weight excluding hydrogens is 300 g/mol. The van der Waals surface area contributed by atoms with E-state index in [9.17, 15) is 0 Å². The van der Waals surface area contributed by atoms with E-state index in [1.807, 2.05) is 18.2 Å². The van der Waals surface area contributed by atoms with Crippen LogP contribution in [-0.2, 0) is 6.54 Å². The summed E-state index contributed by atoms with van der Waals surface area (Å²) < 4.78 is 7.45. The van der Waals surface area contributed by atoms with Crippen LogP contribution in [0.1, 0.15) is 5.56 Å². The molecule has 120 valence electrons. The van der Waals surface area contributed by atoms with Crippen LogP contribution in [0.25, 0.3) is 22.2 Å². The van der Waals surface area contributed by atoms with Crippen LogP contribution in [0.15, 0.2) is 60.8 Å². The molecule has 0 spiro atoms. The Morgan fingerprint density at radius 3 is 2.62 bits per heavy atom. The molecule has 0 amide bonds. The van der Waals surface area contributed by atoms with E-state index in [1.165, 1.54) is 16.5 Å². The van der Waals surface area contributed by atoms with Crippen molar-refractivity contribution in [1.82, 2.24) is 14.8 Å². The van der Waals surface area contributed by atoms with E-state index in [2.05, 4.69) is 57.4 Å². The lowest BCUT2D eigenvalue weighted by Crippen LogP contribution is -1.98. The van der Waals surface area contributed by atoms with Gasteiger partial charge in [0.15, 0.2) is 0 Å². The highest BCUT2D eigenvalue weighted by Gasteiger charge is 2.07. The first-order chi connectivity index (χ1) is 11.7. The van der Waals surface area contributed by atoms with Crippen molar-refractivity contribution in [3.05, 3.63) is 66.4 Å². The summed E-state index contributed by atoms with van der Waals surface area (Å²) in [6.07, 6.45) is 2.11. The monoisotopic (exact) mass is 318 g/mol. The van der Waals surface area contributed by atoms with Crippen LogP contribution in [0.3, 0.4) is 0 Å². The van der Waals surface area contributed by atoms with Gasteiger partial charge in [-0.05, 0) is 35.2 Å². The number of aromatic nitrogens is 3. The molecule has 0 saturated heterocycles. The average Bonchev–Trinajstić information content (AvgIpc) is 3.22. The van der Waals surface area contributed by atoms with Gasteiger partial charge >= 0.3 is 0 Å². The number of nitrogens with one attached hydrogen (secondary N) is 1. The van der Waals surface area contributed by atoms with Gasteiger partial charge < -0.3 is 15.0 Å². The van der Waals surface area contributed by atoms with Crippen LogP contribution in [0.2, 0.25) is 0 Å². The number of nitrogen functional groups attached to an aromatic ring is 1. The molecule has 3 N–H and O–H groups in total. The molecule has 2 aromatic carbocycles. The fourth-order valence-electron chi connectivity index (χ4n) is 2.90. The second-order valence-corrected chi connectivity index (χ2v) is 5.77. The zero-order chi connectivity index (χ0) is 16.5. The highest BCUT2D eigenvalue weighted by atomic mass is 16.5. The van der Waals surface area contributed by atoms with Crippen LogP contribution in [0.4, 0.5) is 5.82 Å². The number of aromatic amines is 1. The fourth-order valence-corrected chi connectivity index (χ4v) is 2.90. The summed E-state index contributed by atoms with van der Waals surface area (Å²) in [5, 5.41) is 8.17. The van der Waals surface area contributed by atoms with Gasteiger partial charge in [0.25, 0.3) is 0 Å². The summed E-state index contributed by atoms with van der Waals surface area (Å²) in [4.78, 5) is 0. The van der Waals surface area contributed by atoms with E-state index in [0.717, 1.165) is 23.6 Å². The van der Waals surface area contributed by atoms with Crippen LogP contribution >= 0.6 is 0 Å². The highest BCUT2D eigenvalue weighted by molar-refractivity contribution is 5.85. The molecule has 0 bridgehead atoms. The van der Waals surface area contributed by atoms with E-state index in [1.54, 1.807) is 7.11 Å². The normalized spacial score (nSPS) is 11.0. The van der Waals surface area contributed by atoms with E-state index in [0.29, 0.717) is 5.82 Å². The third-order valence-corrected chi connectivity index (χ3v) is 4.19. The van der Waals surface area contributed by atoms with Crippen molar-refractivity contribution in [2.75, 3.05) is 12.8 Å². The van der Waals surface area contributed by atoms with Gasteiger partial charge in [-0.3, -0.25) is 5.10 Å². The molecule has 5 heteroatoms. The number of hydrogen-bond acceptors (Lipinski definition) is 3. The zero-order valence-electron chi connectivity index (χ0n) is 13.4. The molecule has 0 aliphatic carbocycles. The molecule has 2 aromatic heterocycles. The molecule has 5 nitrogen and oxygen atoms in total. The number of fused-ring (bicyclic) bond motifs is 1. The van der Waals surface area contributed by atoms with Crippen molar-refractivity contribution in [3.63, 3.8) is 0 Å². The summed E-state index contributed by atoms with van der Waals surface area (Å²) in [5.41, 5.74) is 10.1. The van der Waals surface area contributed by atoms with Gasteiger partial charge in [-0.2, -0.15) is 5.10 Å². The second-order valence-electron chi connectivity index (χ2n) is 5.77. The molecule has 2 heterocycles. The minimum Gasteiger partial charge on any atom is -0.497 e. The number of ether oxygens (including phenoxy) is 1. The van der Waals surface area contributed by atoms with Gasteiger partial charge in [0, 0.05) is 29.9 Å². The number of H-pyrrole nitrogens is 1. The summed E-state index contributed by atoms with van der Waals surface area (Å²) in [5.74, 6) is 1.37. The number of benzene rings is 2. The lowest BCUT2D eigenvalue weighted by molar-refractivity contribution is 0.414. The lowest BCUT2D eigenvalue weighted by Gasteiger charge is -2.08. The Morgan fingerprint density at radius 1 is 1.08 bits per heavy atom. The summed E-state index contributed by atoms with van der Waals surface area (Å²) in [7, 11) is 1.68. The molecule has 4 rings (SSSR count). The Morgan fingerprint density at radius 2 is 1.92 bits per heavy atom. The Kier molecular flexibility index (Phi) is 3.46. The number of nitrogens with zero attached hydrogens (tertiary/aromatic N) is 2. The van der Waals surface area contributed by atoms with Crippen LogP contribution < -0.4 is 10.5 Å². The molecule has 4 aromatic rings. The number of anilines is 1. The van der Waals surface area contributed by atoms with Crippen molar-refractivity contribution in [3.8, 4) is 17.0 Å². The summed E-state index contributed by atoms with van der Waals surface area (Å²) >= 11 is 0. The largest absolute Gasteiger partial charge is 0.497 e. The third-order valence-electron chi connectivity index (χ3n) is 4.19. The number of nitrogens with two attached hydrogens (primary N) is 1. The van der Waals surface area contributed by atoms with Gasteiger partial charge in [-0.25, -0.2) is 0 Å². The van der Waals surface area contributed by atoms with Crippen molar-refractivity contribution in [2.45, 2.75) is 6.54 Å². The van der Waals surface area contributed by atoms with Crippen molar-refractivity contribution in [1.29, 1.82) is 0 Å². The SMILES string of the molecule is COc1ccc(Cn2ccc3ccc(-c4cc(N)n[nH]4)cc32)cc1. The second kappa shape index (κ2) is 5.77. The molecule has 0 radical (unpaired) electrons. The van der Waals surface area contributed by atoms with Crippen molar-refractivity contribution >= 4 is 16.7 Å². The minimum absolute atomic E-state index is 0.499. The average molecular weight is 318 g/mol. The minimum atomic E-state index is 0.499. The van der Waals surface area contributed by atoms with Gasteiger partial charge in [0.05, 0.1) is 12.8 Å². The lowest BCUT2D eigenvalue weighted by atomic mass is 10.1. The molecule has 0 aliphatic heterocycles. The Hall–Kier alpha value is -3.21. The highest BCUT2D eigenvalue weighted by Crippen LogP contribution is 2.25. The molecule has 0 fully saturated rings. The summed E-state index contributed by atoms with van der Waals surface area (Å²) in [6.45, 7) is 0.808. The van der Waals surface area contributed by atoms with Gasteiger partial charge in [0.1, 0.15) is 11.6 Å². The zero-order valence-corrected chi connectivity index (χ0v) is 13.4. The van der Waals surface area contributed by atoms with Gasteiger partial charge in [0.2, 0.25) is 0 Å². The smallest absolute Gasteiger partial charge is 0.145 e. The maximum atomic E-state index is 5.71. The van der Waals surface area contributed by atoms with Crippen LogP contribution in [0.5, 0.6) is 5.75 Å². The molecule has 0 atom stereocenters. The summed E-state index contributed by atoms with van der Waals surface area (Å²) in [6, 6.07) is 18.5. The van der Waals surface area contributed by atoms with Crippen LogP contribution in [0, 0.1) is 0 Å². The maximum Gasteiger partial charge on any atom is 0.145 e. The van der Waals surface area contributed by atoms with Gasteiger partial charge in [-0.15, -0.1) is 0 Å². The first-order valence-corrected chi connectivity index (χ1v) is 7.76. The fraction of sp³-hybridized carbons (Fsp3) is 0.105. The molecular formula is C19H18N4O. The maximum absolute atomic E-state index is 5.71. The topological polar surface area (TPSA) is 68.9 Å². The quantitative estimate of drug-likeness (QED) is 0.603. The molecule has 0 unspecified atom stereocenters. The Balaban J connectivity index is 1.70. The Bertz CT molecular complexity index is 982. The predicted octanol–water partition coefficient (Wildman–Crippen LogP) is 3.67. The standard InChI is InChI=1S/C19H18N4O/c1-24-16-6-2-13(3-7-16)12-23-9-8-14-4-5-15(10-18(14)23)17-11-19(20)22-21-17/h2-11H,12H2,1H3,(H3,20,21,22). The molecule has 0 saturated carbocycles. The molecule has 0 aliphatic rings. The third kappa shape index (κ3) is 2.60. The number of hydrogen-bond donors (Lipinski definition) is 2. The van der Waals surface area contributed by atoms with Gasteiger partial charge in [-0.1, -0.05) is 24.3 Å². The van der Waals surface area contributed by atoms with Crippen molar-refractivity contribution in [2.24, 2.45) is 0 Å². The van der Waals surface area contributed by atoms with Crippen molar-refractivity contribution < 1.29 is 4.74 Å². The van der Waals surface area contributed by atoms with E-state index in [4.69, 9.17) is 10.5 Å². The molecule has 24 heavy (non-hydrogen) atoms. The first kappa shape index (κ1) is 14.4.